The summed E-state index contributed by atoms with van der Waals surface area (Å²) in [5, 5.41) is 30.4. The average molecular weight is 256 g/mol. The molecular weight excluding hydrogens is 235 g/mol. The minimum Gasteiger partial charge on any atom is -0.480 e. The molecule has 0 aromatic heterocycles. The Morgan fingerprint density at radius 3 is 2.83 bits per heavy atom. The van der Waals surface area contributed by atoms with Gasteiger partial charge in [-0.2, -0.15) is 0 Å². The number of carbonyl (C=O) groups is 1. The minimum absolute atomic E-state index is 0.000880. The van der Waals surface area contributed by atoms with E-state index in [-0.39, 0.29) is 24.2 Å². The van der Waals surface area contributed by atoms with Crippen LogP contribution in [0.15, 0.2) is 0 Å². The molecule has 0 aromatic rings. The van der Waals surface area contributed by atoms with Gasteiger partial charge in [-0.05, 0) is 38.0 Å². The number of rotatable bonds is 5. The molecule has 6 nitrogen and oxygen atoms in total. The number of carboxylic acids is 1. The lowest BCUT2D eigenvalue weighted by molar-refractivity contribution is -0.146. The van der Waals surface area contributed by atoms with Crippen molar-refractivity contribution in [1.82, 2.24) is 5.32 Å². The van der Waals surface area contributed by atoms with Gasteiger partial charge in [-0.25, -0.2) is 0 Å². The molecule has 1 heterocycles. The fourth-order valence-electron chi connectivity index (χ4n) is 3.63. The van der Waals surface area contributed by atoms with Crippen molar-refractivity contribution in [2.45, 2.75) is 43.6 Å². The largest absolute Gasteiger partial charge is 0.480 e. The van der Waals surface area contributed by atoms with E-state index in [2.05, 4.69) is 5.32 Å². The molecule has 0 spiro atoms. The van der Waals surface area contributed by atoms with Gasteiger partial charge in [-0.15, -0.1) is 0 Å². The smallest absolute Gasteiger partial charge is 0.451 e. The molecule has 1 saturated heterocycles. The van der Waals surface area contributed by atoms with Gasteiger partial charge in [0.2, 0.25) is 0 Å². The van der Waals surface area contributed by atoms with E-state index in [1.807, 2.05) is 0 Å². The van der Waals surface area contributed by atoms with Gasteiger partial charge < -0.3 is 26.2 Å². The van der Waals surface area contributed by atoms with Crippen LogP contribution in [-0.4, -0.2) is 46.4 Å². The van der Waals surface area contributed by atoms with Crippen molar-refractivity contribution in [3.8, 4) is 0 Å². The topological polar surface area (TPSA) is 116 Å². The van der Waals surface area contributed by atoms with Gasteiger partial charge in [0.1, 0.15) is 5.54 Å². The SMILES string of the molecule is N[C@]1(C(=O)O)[C@H](CCCB(O)O)C[C@H]2NCC[C@H]21. The van der Waals surface area contributed by atoms with Gasteiger partial charge in [0.25, 0.3) is 0 Å². The maximum Gasteiger partial charge on any atom is 0.451 e. The van der Waals surface area contributed by atoms with Crippen LogP contribution in [0, 0.1) is 11.8 Å². The highest BCUT2D eigenvalue weighted by atomic mass is 16.4. The number of nitrogens with one attached hydrogen (secondary N) is 1. The lowest BCUT2D eigenvalue weighted by Crippen LogP contribution is -2.56. The Hall–Kier alpha value is -0.625. The standard InChI is InChI=1S/C11H21BN2O4/c13-11(10(15)16)7(2-1-4-12(17)18)6-9-8(11)3-5-14-9/h7-9,14,17-18H,1-6,13H2,(H,15,16)/t7-,8-,9-,11-/m1/s1. The van der Waals surface area contributed by atoms with Crippen LogP contribution >= 0.6 is 0 Å². The summed E-state index contributed by atoms with van der Waals surface area (Å²) in [7, 11) is -1.32. The van der Waals surface area contributed by atoms with Crippen LogP contribution < -0.4 is 11.1 Å². The number of fused-ring (bicyclic) bond motifs is 1. The second-order valence-electron chi connectivity index (χ2n) is 5.54. The molecule has 4 atom stereocenters. The van der Waals surface area contributed by atoms with Gasteiger partial charge >= 0.3 is 13.1 Å². The van der Waals surface area contributed by atoms with Crippen LogP contribution in [0.5, 0.6) is 0 Å². The van der Waals surface area contributed by atoms with E-state index < -0.39 is 18.6 Å². The number of hydrogen-bond donors (Lipinski definition) is 5. The lowest BCUT2D eigenvalue weighted by Gasteiger charge is -2.31. The molecular formula is C11H21BN2O4. The van der Waals surface area contributed by atoms with Gasteiger partial charge in [-0.3, -0.25) is 4.79 Å². The van der Waals surface area contributed by atoms with Crippen LogP contribution in [0.2, 0.25) is 6.32 Å². The summed E-state index contributed by atoms with van der Waals surface area (Å²) in [5.41, 5.74) is 5.03. The van der Waals surface area contributed by atoms with Crippen molar-refractivity contribution in [3.63, 3.8) is 0 Å². The molecule has 7 heteroatoms. The number of carboxylic acid groups (broad SMARTS) is 1. The molecule has 18 heavy (non-hydrogen) atoms. The zero-order chi connectivity index (χ0) is 13.3. The molecule has 1 aliphatic heterocycles. The summed E-state index contributed by atoms with van der Waals surface area (Å²) in [6, 6.07) is 0.204. The predicted octanol–water partition coefficient (Wildman–Crippen LogP) is -0.980. The first kappa shape index (κ1) is 13.8. The highest BCUT2D eigenvalue weighted by Crippen LogP contribution is 2.45. The molecule has 0 aromatic carbocycles. The van der Waals surface area contributed by atoms with Gasteiger partial charge in [0, 0.05) is 12.0 Å². The molecule has 6 N–H and O–H groups in total. The van der Waals surface area contributed by atoms with Crippen molar-refractivity contribution < 1.29 is 19.9 Å². The summed E-state index contributed by atoms with van der Waals surface area (Å²) >= 11 is 0. The maximum atomic E-state index is 11.5. The summed E-state index contributed by atoms with van der Waals surface area (Å²) in [4.78, 5) is 11.5. The first-order chi connectivity index (χ1) is 8.46. The maximum absolute atomic E-state index is 11.5. The number of hydrogen-bond acceptors (Lipinski definition) is 5. The fraction of sp³-hybridized carbons (Fsp3) is 0.909. The first-order valence-corrected chi connectivity index (χ1v) is 6.58. The van der Waals surface area contributed by atoms with Crippen molar-refractivity contribution in [3.05, 3.63) is 0 Å². The monoisotopic (exact) mass is 256 g/mol. The van der Waals surface area contributed by atoms with Crippen molar-refractivity contribution >= 4 is 13.1 Å². The average Bonchev–Trinajstić information content (AvgIpc) is 2.82. The Morgan fingerprint density at radius 2 is 2.22 bits per heavy atom. The third kappa shape index (κ3) is 2.27. The molecule has 2 rings (SSSR count). The van der Waals surface area contributed by atoms with E-state index in [0.717, 1.165) is 19.4 Å². The normalized spacial score (nSPS) is 38.7. The molecule has 0 bridgehead atoms. The minimum atomic E-state index is -1.32. The van der Waals surface area contributed by atoms with Crippen molar-refractivity contribution in [2.24, 2.45) is 17.6 Å². The molecule has 0 unspecified atom stereocenters. The number of aliphatic carboxylic acids is 1. The highest BCUT2D eigenvalue weighted by Gasteiger charge is 2.58. The van der Waals surface area contributed by atoms with Crippen molar-refractivity contribution in [1.29, 1.82) is 0 Å². The number of nitrogens with two attached hydrogens (primary N) is 1. The molecule has 1 aliphatic carbocycles. The summed E-state index contributed by atoms with van der Waals surface area (Å²) < 4.78 is 0. The van der Waals surface area contributed by atoms with E-state index >= 15 is 0 Å². The summed E-state index contributed by atoms with van der Waals surface area (Å²) in [6.07, 6.45) is 3.08. The van der Waals surface area contributed by atoms with Crippen LogP contribution in [-0.2, 0) is 4.79 Å². The molecule has 0 radical (unpaired) electrons. The van der Waals surface area contributed by atoms with E-state index in [1.165, 1.54) is 0 Å². The second kappa shape index (κ2) is 5.17. The molecule has 0 amide bonds. The second-order valence-corrected chi connectivity index (χ2v) is 5.54. The first-order valence-electron chi connectivity index (χ1n) is 6.58. The van der Waals surface area contributed by atoms with E-state index in [0.29, 0.717) is 12.8 Å². The van der Waals surface area contributed by atoms with Gasteiger partial charge in [0.15, 0.2) is 0 Å². The highest BCUT2D eigenvalue weighted by molar-refractivity contribution is 6.40. The predicted molar refractivity (Wildman–Crippen MR) is 66.8 cm³/mol. The molecule has 1 saturated carbocycles. The third-order valence-electron chi connectivity index (χ3n) is 4.56. The van der Waals surface area contributed by atoms with Gasteiger partial charge in [0.05, 0.1) is 0 Å². The fourth-order valence-corrected chi connectivity index (χ4v) is 3.63. The van der Waals surface area contributed by atoms with E-state index in [9.17, 15) is 9.90 Å². The Labute approximate surface area is 107 Å². The zero-order valence-electron chi connectivity index (χ0n) is 10.4. The Morgan fingerprint density at radius 1 is 1.50 bits per heavy atom. The molecule has 2 fully saturated rings. The van der Waals surface area contributed by atoms with Crippen LogP contribution in [0.25, 0.3) is 0 Å². The Kier molecular flexibility index (Phi) is 3.96. The van der Waals surface area contributed by atoms with Gasteiger partial charge in [-0.1, -0.05) is 6.42 Å². The van der Waals surface area contributed by atoms with Crippen LogP contribution in [0.4, 0.5) is 0 Å². The molecule has 2 aliphatic rings. The lowest BCUT2D eigenvalue weighted by atomic mass is 9.75. The van der Waals surface area contributed by atoms with E-state index in [1.54, 1.807) is 0 Å². The molecule has 102 valence electrons. The Balaban J connectivity index is 2.03. The third-order valence-corrected chi connectivity index (χ3v) is 4.56. The Bertz CT molecular complexity index is 328. The summed E-state index contributed by atoms with van der Waals surface area (Å²) in [5.74, 6) is -1.01. The zero-order valence-corrected chi connectivity index (χ0v) is 10.4. The van der Waals surface area contributed by atoms with Crippen LogP contribution in [0.3, 0.4) is 0 Å². The van der Waals surface area contributed by atoms with E-state index in [4.69, 9.17) is 15.8 Å². The quantitative estimate of drug-likeness (QED) is 0.404. The summed E-state index contributed by atoms with van der Waals surface area (Å²) in [6.45, 7) is 0.837. The van der Waals surface area contributed by atoms with Crippen LogP contribution in [0.1, 0.15) is 25.7 Å². The van der Waals surface area contributed by atoms with Crippen molar-refractivity contribution in [2.75, 3.05) is 6.54 Å².